The van der Waals surface area contributed by atoms with Gasteiger partial charge in [-0.15, -0.1) is 0 Å². The quantitative estimate of drug-likeness (QED) is 0.847. The number of alkyl halides is 3. The van der Waals surface area contributed by atoms with E-state index in [1.54, 1.807) is 0 Å². The van der Waals surface area contributed by atoms with Crippen LogP contribution in [0, 0.1) is 0 Å². The minimum Gasteiger partial charge on any atom is -0.364 e. The molecule has 0 aliphatic carbocycles. The molecule has 76 valence electrons. The smallest absolute Gasteiger partial charge is 0.364 e. The number of halogens is 4. The van der Waals surface area contributed by atoms with Gasteiger partial charge in [0.15, 0.2) is 0 Å². The van der Waals surface area contributed by atoms with Crippen LogP contribution in [0.3, 0.4) is 0 Å². The van der Waals surface area contributed by atoms with Gasteiger partial charge in [0.05, 0.1) is 5.56 Å². The molecule has 0 unspecified atom stereocenters. The van der Waals surface area contributed by atoms with Crippen molar-refractivity contribution in [2.24, 2.45) is 5.73 Å². The lowest BCUT2D eigenvalue weighted by atomic mass is 10.2. The van der Waals surface area contributed by atoms with Crippen molar-refractivity contribution in [1.82, 2.24) is 4.98 Å². The Labute approximate surface area is 85.2 Å². The summed E-state index contributed by atoms with van der Waals surface area (Å²) in [7, 11) is 0. The Morgan fingerprint density at radius 3 is 2.43 bits per heavy atom. The first-order valence-electron chi connectivity index (χ1n) is 3.35. The summed E-state index contributed by atoms with van der Waals surface area (Å²) in [4.78, 5) is 13.9. The molecule has 0 aliphatic heterocycles. The number of rotatable bonds is 1. The molecule has 0 bridgehead atoms. The fourth-order valence-electron chi connectivity index (χ4n) is 0.774. The molecule has 2 N–H and O–H groups in total. The fourth-order valence-corrected chi connectivity index (χ4v) is 1.32. The zero-order valence-corrected chi connectivity index (χ0v) is 8.19. The van der Waals surface area contributed by atoms with Crippen molar-refractivity contribution in [3.63, 3.8) is 0 Å². The molecule has 0 fully saturated rings. The first-order chi connectivity index (χ1) is 6.32. The van der Waals surface area contributed by atoms with Crippen LogP contribution in [0.25, 0.3) is 0 Å². The number of carbonyl (C=O) groups excluding carboxylic acids is 1. The summed E-state index contributed by atoms with van der Waals surface area (Å²) in [6.07, 6.45) is -3.94. The zero-order valence-electron chi connectivity index (χ0n) is 6.60. The van der Waals surface area contributed by atoms with Gasteiger partial charge in [0.1, 0.15) is 5.69 Å². The van der Waals surface area contributed by atoms with Crippen LogP contribution < -0.4 is 5.73 Å². The molecule has 1 amide bonds. The predicted octanol–water partition coefficient (Wildman–Crippen LogP) is 1.96. The number of nitrogens with two attached hydrogens (primary N) is 1. The van der Waals surface area contributed by atoms with Crippen LogP contribution in [0.15, 0.2) is 16.7 Å². The highest BCUT2D eigenvalue weighted by Crippen LogP contribution is 2.34. The van der Waals surface area contributed by atoms with Crippen molar-refractivity contribution >= 4 is 21.8 Å². The van der Waals surface area contributed by atoms with E-state index in [0.717, 1.165) is 6.07 Å². The van der Waals surface area contributed by atoms with Crippen molar-refractivity contribution in [2.45, 2.75) is 6.18 Å². The van der Waals surface area contributed by atoms with Gasteiger partial charge >= 0.3 is 6.18 Å². The molecule has 14 heavy (non-hydrogen) atoms. The summed E-state index contributed by atoms with van der Waals surface area (Å²) in [6.45, 7) is 0. The number of amides is 1. The molecule has 1 aromatic heterocycles. The number of pyridine rings is 1. The van der Waals surface area contributed by atoms with Crippen LogP contribution in [-0.4, -0.2) is 10.9 Å². The van der Waals surface area contributed by atoms with Crippen molar-refractivity contribution < 1.29 is 18.0 Å². The summed E-state index contributed by atoms with van der Waals surface area (Å²) >= 11 is 2.68. The van der Waals surface area contributed by atoms with Gasteiger partial charge in [-0.05, 0) is 6.07 Å². The second kappa shape index (κ2) is 3.56. The average Bonchev–Trinajstić information content (AvgIpc) is 2.01. The van der Waals surface area contributed by atoms with E-state index >= 15 is 0 Å². The normalized spacial score (nSPS) is 11.4. The molecule has 7 heteroatoms. The van der Waals surface area contributed by atoms with Gasteiger partial charge in [-0.1, -0.05) is 15.9 Å². The summed E-state index contributed by atoms with van der Waals surface area (Å²) in [6, 6.07) is 0.936. The zero-order chi connectivity index (χ0) is 10.9. The SMILES string of the molecule is NC(=O)c1cc(Br)c(C(F)(F)F)cn1. The monoisotopic (exact) mass is 268 g/mol. The summed E-state index contributed by atoms with van der Waals surface area (Å²) in [5, 5.41) is 0. The minimum atomic E-state index is -4.50. The van der Waals surface area contributed by atoms with E-state index < -0.39 is 17.6 Å². The highest BCUT2D eigenvalue weighted by atomic mass is 79.9. The topological polar surface area (TPSA) is 56.0 Å². The van der Waals surface area contributed by atoms with Crippen LogP contribution in [0.1, 0.15) is 16.1 Å². The van der Waals surface area contributed by atoms with Crippen molar-refractivity contribution in [3.8, 4) is 0 Å². The third-order valence-electron chi connectivity index (χ3n) is 1.41. The Morgan fingerprint density at radius 1 is 1.50 bits per heavy atom. The molecule has 0 radical (unpaired) electrons. The number of aromatic nitrogens is 1. The van der Waals surface area contributed by atoms with E-state index in [0.29, 0.717) is 6.20 Å². The predicted molar refractivity (Wildman–Crippen MR) is 45.5 cm³/mol. The molecule has 1 heterocycles. The third kappa shape index (κ3) is 2.22. The second-order valence-corrected chi connectivity index (χ2v) is 3.27. The maximum atomic E-state index is 12.2. The maximum absolute atomic E-state index is 12.2. The number of primary amides is 1. The molecule has 0 saturated carbocycles. The minimum absolute atomic E-state index is 0.218. The summed E-state index contributed by atoms with van der Waals surface area (Å²) < 4.78 is 36.3. The lowest BCUT2D eigenvalue weighted by Gasteiger charge is -2.08. The van der Waals surface area contributed by atoms with E-state index in [9.17, 15) is 18.0 Å². The van der Waals surface area contributed by atoms with Gasteiger partial charge in [-0.25, -0.2) is 0 Å². The first kappa shape index (κ1) is 11.0. The Hall–Kier alpha value is -1.11. The van der Waals surface area contributed by atoms with Gasteiger partial charge in [-0.3, -0.25) is 9.78 Å². The molecular formula is C7H4BrF3N2O. The van der Waals surface area contributed by atoms with E-state index in [-0.39, 0.29) is 10.2 Å². The van der Waals surface area contributed by atoms with Crippen LogP contribution in [0.5, 0.6) is 0 Å². The molecule has 0 atom stereocenters. The van der Waals surface area contributed by atoms with Gasteiger partial charge in [-0.2, -0.15) is 13.2 Å². The number of hydrogen-bond acceptors (Lipinski definition) is 2. The molecule has 1 aromatic rings. The second-order valence-electron chi connectivity index (χ2n) is 2.41. The molecule has 0 saturated heterocycles. The van der Waals surface area contributed by atoms with Crippen LogP contribution in [-0.2, 0) is 6.18 Å². The molecule has 0 aromatic carbocycles. The standard InChI is InChI=1S/C7H4BrF3N2O/c8-4-1-5(6(12)14)13-2-3(4)7(9,10)11/h1-2H,(H2,12,14). The molecule has 0 aliphatic rings. The van der Waals surface area contributed by atoms with E-state index in [2.05, 4.69) is 20.9 Å². The number of nitrogens with zero attached hydrogens (tertiary/aromatic N) is 1. The van der Waals surface area contributed by atoms with Gasteiger partial charge in [0.25, 0.3) is 5.91 Å². The summed E-state index contributed by atoms with van der Waals surface area (Å²) in [5.74, 6) is -0.876. The van der Waals surface area contributed by atoms with E-state index in [4.69, 9.17) is 5.73 Å². The molecule has 1 rings (SSSR count). The lowest BCUT2D eigenvalue weighted by Crippen LogP contribution is -2.15. The highest BCUT2D eigenvalue weighted by molar-refractivity contribution is 9.10. The van der Waals surface area contributed by atoms with E-state index in [1.165, 1.54) is 0 Å². The summed E-state index contributed by atoms with van der Waals surface area (Å²) in [5.41, 5.74) is 3.68. The van der Waals surface area contributed by atoms with E-state index in [1.807, 2.05) is 0 Å². The maximum Gasteiger partial charge on any atom is 0.418 e. The third-order valence-corrected chi connectivity index (χ3v) is 2.07. The molecule has 3 nitrogen and oxygen atoms in total. The van der Waals surface area contributed by atoms with Crippen LogP contribution >= 0.6 is 15.9 Å². The fraction of sp³-hybridized carbons (Fsp3) is 0.143. The number of carbonyl (C=O) groups is 1. The van der Waals surface area contributed by atoms with Crippen LogP contribution in [0.2, 0.25) is 0 Å². The van der Waals surface area contributed by atoms with Gasteiger partial charge in [0.2, 0.25) is 0 Å². The van der Waals surface area contributed by atoms with Gasteiger partial charge < -0.3 is 5.73 Å². The average molecular weight is 269 g/mol. The Morgan fingerprint density at radius 2 is 2.07 bits per heavy atom. The lowest BCUT2D eigenvalue weighted by molar-refractivity contribution is -0.138. The van der Waals surface area contributed by atoms with Crippen LogP contribution in [0.4, 0.5) is 13.2 Å². The van der Waals surface area contributed by atoms with Crippen molar-refractivity contribution in [2.75, 3.05) is 0 Å². The highest BCUT2D eigenvalue weighted by Gasteiger charge is 2.33. The number of hydrogen-bond donors (Lipinski definition) is 1. The largest absolute Gasteiger partial charge is 0.418 e. The Bertz CT molecular complexity index is 378. The molecule has 0 spiro atoms. The molecular weight excluding hydrogens is 265 g/mol. The van der Waals surface area contributed by atoms with Crippen molar-refractivity contribution in [3.05, 3.63) is 28.0 Å². The van der Waals surface area contributed by atoms with Gasteiger partial charge in [0, 0.05) is 10.7 Å². The Kier molecular flexibility index (Phi) is 2.79. The Balaban J connectivity index is 3.21. The first-order valence-corrected chi connectivity index (χ1v) is 4.14. The van der Waals surface area contributed by atoms with Crippen molar-refractivity contribution in [1.29, 1.82) is 0 Å².